The van der Waals surface area contributed by atoms with E-state index < -0.39 is 27.5 Å². The SMILES string of the molecule is Cc1[nH]c2c(c1Cc1ccccc1S(=O)(=O)c1ccc(F)cc1)C(=O)NCC2CC(=O)O. The van der Waals surface area contributed by atoms with Crippen molar-refractivity contribution < 1.29 is 27.5 Å². The number of aliphatic carboxylic acids is 1. The average Bonchev–Trinajstić information content (AvgIpc) is 3.07. The van der Waals surface area contributed by atoms with Crippen LogP contribution in [-0.2, 0) is 21.1 Å². The van der Waals surface area contributed by atoms with E-state index in [0.717, 1.165) is 12.1 Å². The van der Waals surface area contributed by atoms with E-state index in [4.69, 9.17) is 0 Å². The van der Waals surface area contributed by atoms with E-state index in [2.05, 4.69) is 10.3 Å². The number of hydrogen-bond acceptors (Lipinski definition) is 4. The molecular weight excluding hydrogens is 435 g/mol. The summed E-state index contributed by atoms with van der Waals surface area (Å²) < 4.78 is 39.7. The summed E-state index contributed by atoms with van der Waals surface area (Å²) in [6, 6.07) is 11.1. The van der Waals surface area contributed by atoms with Crippen molar-refractivity contribution in [1.29, 1.82) is 0 Å². The van der Waals surface area contributed by atoms with Gasteiger partial charge in [0.1, 0.15) is 5.82 Å². The molecule has 166 valence electrons. The first-order chi connectivity index (χ1) is 15.2. The highest BCUT2D eigenvalue weighted by molar-refractivity contribution is 7.91. The minimum atomic E-state index is -3.92. The second kappa shape index (κ2) is 8.23. The van der Waals surface area contributed by atoms with Gasteiger partial charge in [-0.25, -0.2) is 12.8 Å². The molecule has 7 nitrogen and oxygen atoms in total. The van der Waals surface area contributed by atoms with Gasteiger partial charge in [0.2, 0.25) is 9.84 Å². The molecule has 1 aromatic heterocycles. The molecule has 1 unspecified atom stereocenters. The zero-order valence-corrected chi connectivity index (χ0v) is 18.0. The number of aryl methyl sites for hydroxylation is 1. The zero-order valence-electron chi connectivity index (χ0n) is 17.2. The Morgan fingerprint density at radius 3 is 2.53 bits per heavy atom. The summed E-state index contributed by atoms with van der Waals surface area (Å²) in [5, 5.41) is 11.9. The van der Waals surface area contributed by atoms with Gasteiger partial charge in [-0.15, -0.1) is 0 Å². The first-order valence-corrected chi connectivity index (χ1v) is 11.5. The van der Waals surface area contributed by atoms with Gasteiger partial charge < -0.3 is 15.4 Å². The lowest BCUT2D eigenvalue weighted by Crippen LogP contribution is -2.36. The Morgan fingerprint density at radius 1 is 1.16 bits per heavy atom. The van der Waals surface area contributed by atoms with Gasteiger partial charge in [0.05, 0.1) is 21.8 Å². The number of amides is 1. The highest BCUT2D eigenvalue weighted by Gasteiger charge is 2.33. The molecule has 0 radical (unpaired) electrons. The number of aromatic amines is 1. The van der Waals surface area contributed by atoms with Crippen molar-refractivity contribution in [1.82, 2.24) is 10.3 Å². The molecule has 3 aromatic rings. The number of carboxylic acid groups (broad SMARTS) is 1. The van der Waals surface area contributed by atoms with Gasteiger partial charge in [-0.1, -0.05) is 18.2 Å². The molecule has 0 fully saturated rings. The lowest BCUT2D eigenvalue weighted by atomic mass is 9.90. The van der Waals surface area contributed by atoms with Crippen molar-refractivity contribution in [3.8, 4) is 0 Å². The lowest BCUT2D eigenvalue weighted by molar-refractivity contribution is -0.137. The van der Waals surface area contributed by atoms with Crippen molar-refractivity contribution in [3.63, 3.8) is 0 Å². The van der Waals surface area contributed by atoms with Crippen molar-refractivity contribution in [3.05, 3.63) is 82.4 Å². The minimum Gasteiger partial charge on any atom is -0.481 e. The van der Waals surface area contributed by atoms with Crippen molar-refractivity contribution in [2.75, 3.05) is 6.54 Å². The number of sulfone groups is 1. The van der Waals surface area contributed by atoms with Crippen LogP contribution in [0.3, 0.4) is 0 Å². The van der Waals surface area contributed by atoms with Gasteiger partial charge in [0.25, 0.3) is 5.91 Å². The predicted molar refractivity (Wildman–Crippen MR) is 114 cm³/mol. The fourth-order valence-corrected chi connectivity index (χ4v) is 5.60. The molecule has 1 aliphatic heterocycles. The van der Waals surface area contributed by atoms with Gasteiger partial charge in [0.15, 0.2) is 0 Å². The van der Waals surface area contributed by atoms with Crippen molar-refractivity contribution in [2.45, 2.75) is 35.5 Å². The van der Waals surface area contributed by atoms with E-state index in [9.17, 15) is 27.5 Å². The molecule has 4 rings (SSSR count). The number of rotatable bonds is 6. The average molecular weight is 456 g/mol. The Kier molecular flexibility index (Phi) is 5.60. The number of hydrogen-bond donors (Lipinski definition) is 3. The Morgan fingerprint density at radius 2 is 1.84 bits per heavy atom. The van der Waals surface area contributed by atoms with Gasteiger partial charge in [-0.05, 0) is 48.4 Å². The molecule has 0 saturated carbocycles. The predicted octanol–water partition coefficient (Wildman–Crippen LogP) is 3.19. The molecule has 0 aliphatic carbocycles. The summed E-state index contributed by atoms with van der Waals surface area (Å²) in [5.74, 6) is -2.22. The van der Waals surface area contributed by atoms with Gasteiger partial charge in [-0.3, -0.25) is 9.59 Å². The molecular formula is C23H21FN2O5S. The number of fused-ring (bicyclic) bond motifs is 1. The third-order valence-corrected chi connectivity index (χ3v) is 7.53. The van der Waals surface area contributed by atoms with Crippen LogP contribution in [0.5, 0.6) is 0 Å². The second-order valence-corrected chi connectivity index (χ2v) is 9.68. The molecule has 0 bridgehead atoms. The maximum Gasteiger partial charge on any atom is 0.304 e. The standard InChI is InChI=1S/C23H21FN2O5S/c1-13-18(21-22(26-13)15(11-20(27)28)12-25-23(21)29)10-14-4-2-3-5-19(14)32(30,31)17-8-6-16(24)7-9-17/h2-9,15,26H,10-12H2,1H3,(H,25,29)(H,27,28). The van der Waals surface area contributed by atoms with Crippen LogP contribution in [0.4, 0.5) is 4.39 Å². The Balaban J connectivity index is 1.78. The highest BCUT2D eigenvalue weighted by Crippen LogP contribution is 2.33. The normalized spacial score (nSPS) is 15.8. The Bertz CT molecular complexity index is 1310. The number of nitrogens with one attached hydrogen (secondary N) is 2. The molecule has 0 saturated heterocycles. The van der Waals surface area contributed by atoms with Crippen molar-refractivity contribution in [2.24, 2.45) is 0 Å². The van der Waals surface area contributed by atoms with E-state index in [1.54, 1.807) is 25.1 Å². The molecule has 2 aromatic carbocycles. The van der Waals surface area contributed by atoms with Gasteiger partial charge in [-0.2, -0.15) is 0 Å². The molecule has 0 spiro atoms. The van der Waals surface area contributed by atoms with E-state index in [0.29, 0.717) is 28.1 Å². The van der Waals surface area contributed by atoms with Crippen LogP contribution in [0, 0.1) is 12.7 Å². The van der Waals surface area contributed by atoms with Gasteiger partial charge >= 0.3 is 5.97 Å². The number of H-pyrrole nitrogens is 1. The Hall–Kier alpha value is -3.46. The molecule has 32 heavy (non-hydrogen) atoms. The van der Waals surface area contributed by atoms with E-state index >= 15 is 0 Å². The number of carboxylic acids is 1. The van der Waals surface area contributed by atoms with Crippen LogP contribution in [0.2, 0.25) is 0 Å². The number of halogens is 1. The summed E-state index contributed by atoms with van der Waals surface area (Å²) >= 11 is 0. The van der Waals surface area contributed by atoms with Crippen molar-refractivity contribution >= 4 is 21.7 Å². The maximum atomic E-state index is 13.3. The van der Waals surface area contributed by atoms with Crippen LogP contribution >= 0.6 is 0 Å². The number of carbonyl (C=O) groups is 2. The monoisotopic (exact) mass is 456 g/mol. The Labute approximate surface area is 184 Å². The highest BCUT2D eigenvalue weighted by atomic mass is 32.2. The number of aromatic nitrogens is 1. The van der Waals surface area contributed by atoms with Crippen LogP contribution in [0.15, 0.2) is 58.3 Å². The van der Waals surface area contributed by atoms with Crippen LogP contribution in [0.1, 0.15) is 45.2 Å². The topological polar surface area (TPSA) is 116 Å². The second-order valence-electron chi connectivity index (χ2n) is 7.76. The summed E-state index contributed by atoms with van der Waals surface area (Å²) in [6.07, 6.45) is 0.0175. The van der Waals surface area contributed by atoms with Gasteiger partial charge in [0, 0.05) is 30.3 Å². The summed E-state index contributed by atoms with van der Waals surface area (Å²) in [5.41, 5.74) is 2.71. The van der Waals surface area contributed by atoms with Crippen LogP contribution in [0.25, 0.3) is 0 Å². The molecule has 1 aliphatic rings. The summed E-state index contributed by atoms with van der Waals surface area (Å²) in [6.45, 7) is 1.99. The van der Waals surface area contributed by atoms with Crippen LogP contribution in [-0.4, -0.2) is 36.9 Å². The largest absolute Gasteiger partial charge is 0.481 e. The molecule has 2 heterocycles. The van der Waals surface area contributed by atoms with E-state index in [-0.39, 0.29) is 35.1 Å². The maximum absolute atomic E-state index is 13.3. The zero-order chi connectivity index (χ0) is 23.0. The molecule has 1 atom stereocenters. The summed E-state index contributed by atoms with van der Waals surface area (Å²) in [7, 11) is -3.92. The fraction of sp³-hybridized carbons (Fsp3) is 0.217. The lowest BCUT2D eigenvalue weighted by Gasteiger charge is -2.22. The molecule has 1 amide bonds. The smallest absolute Gasteiger partial charge is 0.304 e. The minimum absolute atomic E-state index is 0.0292. The third kappa shape index (κ3) is 3.91. The quantitative estimate of drug-likeness (QED) is 0.493. The fourth-order valence-electron chi connectivity index (χ4n) is 4.11. The first-order valence-electron chi connectivity index (χ1n) is 9.98. The van der Waals surface area contributed by atoms with Crippen LogP contribution < -0.4 is 5.32 Å². The third-order valence-electron chi connectivity index (χ3n) is 5.66. The van der Waals surface area contributed by atoms with E-state index in [1.807, 2.05) is 0 Å². The summed E-state index contributed by atoms with van der Waals surface area (Å²) in [4.78, 5) is 27.1. The number of carbonyl (C=O) groups excluding carboxylic acids is 1. The molecule has 3 N–H and O–H groups in total. The first kappa shape index (κ1) is 21.8. The number of benzene rings is 2. The van der Waals surface area contributed by atoms with E-state index in [1.165, 1.54) is 18.2 Å². The molecule has 9 heteroatoms.